The third-order valence-electron chi connectivity index (χ3n) is 5.64. The van der Waals surface area contributed by atoms with Gasteiger partial charge in [-0.05, 0) is 18.2 Å². The number of imidazole rings is 1. The Morgan fingerprint density at radius 1 is 1.14 bits per heavy atom. The van der Waals surface area contributed by atoms with Crippen molar-refractivity contribution in [2.45, 2.75) is 6.18 Å². The molecule has 0 amide bonds. The van der Waals surface area contributed by atoms with Crippen LogP contribution in [0.15, 0.2) is 47.8 Å². The average molecular weight is 510 g/mol. The summed E-state index contributed by atoms with van der Waals surface area (Å²) in [5, 5.41) is 16.8. The van der Waals surface area contributed by atoms with E-state index in [2.05, 4.69) is 26.5 Å². The third-order valence-corrected chi connectivity index (χ3v) is 5.64. The molecule has 0 spiro atoms. The number of pyridine rings is 3. The first kappa shape index (κ1) is 23.7. The van der Waals surface area contributed by atoms with Crippen molar-refractivity contribution >= 4 is 28.3 Å². The molecule has 0 aliphatic carbocycles. The highest BCUT2D eigenvalue weighted by Gasteiger charge is 2.32. The summed E-state index contributed by atoms with van der Waals surface area (Å²) >= 11 is 0. The van der Waals surface area contributed by atoms with Crippen LogP contribution in [0.1, 0.15) is 11.1 Å². The van der Waals surface area contributed by atoms with E-state index in [1.54, 1.807) is 22.8 Å². The van der Waals surface area contributed by atoms with Crippen LogP contribution in [0.3, 0.4) is 0 Å². The number of alkyl halides is 3. The Bertz CT molecular complexity index is 1780. The number of methoxy groups -OCH3 is 1. The minimum Gasteiger partial charge on any atom is -0.495 e. The highest BCUT2D eigenvalue weighted by atomic mass is 19.4. The van der Waals surface area contributed by atoms with Crippen molar-refractivity contribution < 1.29 is 22.6 Å². The Hall–Kier alpha value is -5.06. The summed E-state index contributed by atoms with van der Waals surface area (Å²) in [5.74, 6) is 1.07. The van der Waals surface area contributed by atoms with Crippen molar-refractivity contribution in [2.75, 3.05) is 12.4 Å². The molecule has 0 saturated carbocycles. The fraction of sp³-hybridized carbons (Fsp3) is 0.174. The molecule has 1 N–H and O–H groups in total. The minimum absolute atomic E-state index is 0.00986. The van der Waals surface area contributed by atoms with E-state index in [0.29, 0.717) is 29.3 Å². The lowest BCUT2D eigenvalue weighted by atomic mass is 10.2. The van der Waals surface area contributed by atoms with Gasteiger partial charge in [-0.25, -0.2) is 9.50 Å². The molecular formula is C23H17F3N8O3. The maximum Gasteiger partial charge on any atom is 0.417 e. The molecule has 0 fully saturated rings. The predicted molar refractivity (Wildman–Crippen MR) is 125 cm³/mol. The zero-order chi connectivity index (χ0) is 26.5. The normalized spacial score (nSPS) is 11.6. The van der Waals surface area contributed by atoms with Gasteiger partial charge in [-0.3, -0.25) is 4.79 Å². The van der Waals surface area contributed by atoms with Crippen molar-refractivity contribution in [1.29, 1.82) is 5.26 Å². The second-order valence-corrected chi connectivity index (χ2v) is 7.97. The first-order chi connectivity index (χ1) is 17.6. The number of ether oxygens (including phenoxy) is 2. The number of nitrogens with one attached hydrogen (secondary N) is 1. The Balaban J connectivity index is 1.56. The average Bonchev–Trinajstić information content (AvgIpc) is 3.41. The lowest BCUT2D eigenvalue weighted by Gasteiger charge is -2.12. The molecule has 0 bridgehead atoms. The van der Waals surface area contributed by atoms with E-state index in [0.717, 1.165) is 4.57 Å². The highest BCUT2D eigenvalue weighted by molar-refractivity contribution is 5.84. The van der Waals surface area contributed by atoms with Crippen LogP contribution in [0.5, 0.6) is 17.2 Å². The van der Waals surface area contributed by atoms with Gasteiger partial charge in [0.1, 0.15) is 34.1 Å². The molecule has 0 radical (unpaired) electrons. The molecule has 0 unspecified atom stereocenters. The molecule has 0 aliphatic heterocycles. The van der Waals surface area contributed by atoms with Crippen molar-refractivity contribution in [1.82, 2.24) is 28.7 Å². The van der Waals surface area contributed by atoms with Crippen LogP contribution in [0.25, 0.3) is 16.7 Å². The van der Waals surface area contributed by atoms with Crippen molar-refractivity contribution in [3.63, 3.8) is 0 Å². The van der Waals surface area contributed by atoms with Crippen LogP contribution in [0, 0.1) is 11.3 Å². The molecule has 5 rings (SSSR count). The van der Waals surface area contributed by atoms with E-state index in [1.165, 1.54) is 38.2 Å². The molecule has 5 heterocycles. The minimum atomic E-state index is -4.65. The molecule has 37 heavy (non-hydrogen) atoms. The smallest absolute Gasteiger partial charge is 0.417 e. The number of hydrogen-bond donors (Lipinski definition) is 1. The molecule has 188 valence electrons. The third kappa shape index (κ3) is 4.05. The molecule has 5 aromatic heterocycles. The lowest BCUT2D eigenvalue weighted by molar-refractivity contribution is -0.138. The van der Waals surface area contributed by atoms with E-state index in [-0.39, 0.29) is 34.1 Å². The number of aryl methyl sites for hydroxylation is 2. The van der Waals surface area contributed by atoms with Crippen LogP contribution in [0.2, 0.25) is 0 Å². The largest absolute Gasteiger partial charge is 0.495 e. The van der Waals surface area contributed by atoms with E-state index < -0.39 is 17.3 Å². The summed E-state index contributed by atoms with van der Waals surface area (Å²) < 4.78 is 54.7. The van der Waals surface area contributed by atoms with Gasteiger partial charge in [-0.1, -0.05) is 0 Å². The van der Waals surface area contributed by atoms with Crippen LogP contribution in [0.4, 0.5) is 24.8 Å². The van der Waals surface area contributed by atoms with Gasteiger partial charge in [0.15, 0.2) is 17.1 Å². The summed E-state index contributed by atoms with van der Waals surface area (Å²) in [6.45, 7) is 0. The van der Waals surface area contributed by atoms with Gasteiger partial charge in [0.05, 0.1) is 31.3 Å². The number of halogens is 3. The van der Waals surface area contributed by atoms with Gasteiger partial charge in [0.25, 0.3) is 5.56 Å². The first-order valence-electron chi connectivity index (χ1n) is 10.6. The number of aromatic nitrogens is 6. The SMILES string of the molecule is COc1ccc2c(Oc3cnc4nc(Nc5cc(C(F)(F)F)cn(C)c5=O)n(C)c4c3C#N)cnn2c1. The van der Waals surface area contributed by atoms with Crippen LogP contribution in [-0.4, -0.2) is 35.8 Å². The number of anilines is 2. The molecule has 0 aromatic carbocycles. The molecule has 11 nitrogen and oxygen atoms in total. The molecular weight excluding hydrogens is 493 g/mol. The standard InChI is InChI=1S/C23H17F3N8O3/c1-32-10-12(23(24,25)26)6-15(21(32)35)30-22-31-20-19(33(22)2)14(7-27)17(8-28-20)37-18-9-29-34-11-13(36-3)4-5-16(18)34/h4-6,8-11H,1-3H3,(H,28,30,31). The van der Waals surface area contributed by atoms with Gasteiger partial charge in [-0.2, -0.15) is 28.5 Å². The zero-order valence-electron chi connectivity index (χ0n) is 19.5. The molecule has 14 heteroatoms. The van der Waals surface area contributed by atoms with Gasteiger partial charge in [0, 0.05) is 20.3 Å². The lowest BCUT2D eigenvalue weighted by Crippen LogP contribution is -2.23. The Kier molecular flexibility index (Phi) is 5.47. The van der Waals surface area contributed by atoms with Crippen LogP contribution >= 0.6 is 0 Å². The maximum atomic E-state index is 13.3. The van der Waals surface area contributed by atoms with Crippen molar-refractivity contribution in [3.8, 4) is 23.3 Å². The quantitative estimate of drug-likeness (QED) is 0.379. The molecule has 0 atom stereocenters. The number of nitrogens with zero attached hydrogens (tertiary/aromatic N) is 7. The molecule has 0 aliphatic rings. The second kappa shape index (κ2) is 8.55. The number of nitriles is 1. The second-order valence-electron chi connectivity index (χ2n) is 7.97. The Labute approximate surface area is 205 Å². The van der Waals surface area contributed by atoms with E-state index in [9.17, 15) is 23.2 Å². The van der Waals surface area contributed by atoms with E-state index >= 15 is 0 Å². The first-order valence-corrected chi connectivity index (χ1v) is 10.6. The summed E-state index contributed by atoms with van der Waals surface area (Å²) in [6, 6.07) is 6.24. The van der Waals surface area contributed by atoms with E-state index in [1.807, 2.05) is 0 Å². The zero-order valence-corrected chi connectivity index (χ0v) is 19.5. The fourth-order valence-corrected chi connectivity index (χ4v) is 3.79. The summed E-state index contributed by atoms with van der Waals surface area (Å²) in [7, 11) is 4.28. The van der Waals surface area contributed by atoms with Gasteiger partial charge in [0.2, 0.25) is 5.95 Å². The van der Waals surface area contributed by atoms with Gasteiger partial charge < -0.3 is 23.9 Å². The number of hydrogen-bond acceptors (Lipinski definition) is 8. The maximum absolute atomic E-state index is 13.3. The fourth-order valence-electron chi connectivity index (χ4n) is 3.79. The molecule has 0 saturated heterocycles. The highest BCUT2D eigenvalue weighted by Crippen LogP contribution is 2.34. The van der Waals surface area contributed by atoms with Crippen molar-refractivity contribution in [3.05, 3.63) is 64.5 Å². The van der Waals surface area contributed by atoms with Crippen molar-refractivity contribution in [2.24, 2.45) is 14.1 Å². The molecule has 5 aromatic rings. The van der Waals surface area contributed by atoms with Crippen LogP contribution in [-0.2, 0) is 20.3 Å². The van der Waals surface area contributed by atoms with Gasteiger partial charge >= 0.3 is 6.18 Å². The monoisotopic (exact) mass is 510 g/mol. The summed E-state index contributed by atoms with van der Waals surface area (Å²) in [6.07, 6.45) is 0.497. The predicted octanol–water partition coefficient (Wildman–Crippen LogP) is 3.75. The summed E-state index contributed by atoms with van der Waals surface area (Å²) in [5.41, 5.74) is -0.967. The van der Waals surface area contributed by atoms with E-state index in [4.69, 9.17) is 9.47 Å². The topological polar surface area (TPSA) is 124 Å². The Morgan fingerprint density at radius 3 is 2.62 bits per heavy atom. The summed E-state index contributed by atoms with van der Waals surface area (Å²) in [4.78, 5) is 21.0. The Morgan fingerprint density at radius 2 is 1.92 bits per heavy atom. The number of fused-ring (bicyclic) bond motifs is 2. The number of rotatable bonds is 5. The van der Waals surface area contributed by atoms with Crippen LogP contribution < -0.4 is 20.3 Å². The van der Waals surface area contributed by atoms with Gasteiger partial charge in [-0.15, -0.1) is 0 Å².